The predicted octanol–water partition coefficient (Wildman–Crippen LogP) is 4.82. The van der Waals surface area contributed by atoms with E-state index in [1.165, 1.54) is 20.4 Å². The molecule has 0 aliphatic rings. The summed E-state index contributed by atoms with van der Waals surface area (Å²) in [6.07, 6.45) is -3.06. The first kappa shape index (κ1) is 17.9. The smallest absolute Gasteiger partial charge is 0.416 e. The van der Waals surface area contributed by atoms with Crippen molar-refractivity contribution in [2.24, 2.45) is 5.10 Å². The Morgan fingerprint density at radius 1 is 1.08 bits per heavy atom. The van der Waals surface area contributed by atoms with E-state index in [4.69, 9.17) is 21.1 Å². The van der Waals surface area contributed by atoms with Crippen LogP contribution in [-0.4, -0.2) is 20.4 Å². The van der Waals surface area contributed by atoms with Gasteiger partial charge in [0.1, 0.15) is 11.5 Å². The van der Waals surface area contributed by atoms with E-state index in [0.717, 1.165) is 18.2 Å². The highest BCUT2D eigenvalue weighted by atomic mass is 35.5. The molecular formula is C16H14ClF3N2O2. The van der Waals surface area contributed by atoms with Crippen molar-refractivity contribution in [3.8, 4) is 11.5 Å². The molecule has 2 aromatic carbocycles. The van der Waals surface area contributed by atoms with Crippen LogP contribution in [0.2, 0.25) is 5.02 Å². The minimum absolute atomic E-state index is 0.0459. The van der Waals surface area contributed by atoms with Crippen LogP contribution in [0.5, 0.6) is 11.5 Å². The molecule has 0 saturated carbocycles. The highest BCUT2D eigenvalue weighted by Gasteiger charge is 2.30. The van der Waals surface area contributed by atoms with E-state index in [2.05, 4.69) is 10.5 Å². The monoisotopic (exact) mass is 358 g/mol. The largest absolute Gasteiger partial charge is 0.497 e. The van der Waals surface area contributed by atoms with Crippen molar-refractivity contribution < 1.29 is 22.6 Å². The van der Waals surface area contributed by atoms with Gasteiger partial charge in [0, 0.05) is 5.56 Å². The Balaban J connectivity index is 2.23. The van der Waals surface area contributed by atoms with Crippen LogP contribution in [0.1, 0.15) is 11.1 Å². The average Bonchev–Trinajstić information content (AvgIpc) is 2.55. The molecule has 24 heavy (non-hydrogen) atoms. The van der Waals surface area contributed by atoms with Crippen LogP contribution < -0.4 is 14.9 Å². The second kappa shape index (κ2) is 7.44. The molecule has 0 bridgehead atoms. The van der Waals surface area contributed by atoms with Crippen LogP contribution in [0.3, 0.4) is 0 Å². The molecule has 0 atom stereocenters. The van der Waals surface area contributed by atoms with E-state index in [1.807, 2.05) is 0 Å². The summed E-state index contributed by atoms with van der Waals surface area (Å²) in [5.74, 6) is 1.13. The minimum atomic E-state index is -4.46. The van der Waals surface area contributed by atoms with Crippen LogP contribution in [0.15, 0.2) is 41.5 Å². The third kappa shape index (κ3) is 4.32. The molecule has 0 saturated heterocycles. The zero-order valence-corrected chi connectivity index (χ0v) is 13.6. The Kier molecular flexibility index (Phi) is 5.56. The highest BCUT2D eigenvalue weighted by Crippen LogP contribution is 2.33. The fourth-order valence-electron chi connectivity index (χ4n) is 1.90. The van der Waals surface area contributed by atoms with Crippen LogP contribution in [0, 0.1) is 0 Å². The number of benzene rings is 2. The third-order valence-electron chi connectivity index (χ3n) is 3.12. The molecule has 0 aliphatic heterocycles. The predicted molar refractivity (Wildman–Crippen MR) is 87.2 cm³/mol. The van der Waals surface area contributed by atoms with Crippen LogP contribution in [0.25, 0.3) is 0 Å². The molecule has 0 amide bonds. The second-order valence-corrected chi connectivity index (χ2v) is 5.08. The summed E-state index contributed by atoms with van der Waals surface area (Å²) >= 11 is 5.89. The number of hydrogen-bond donors (Lipinski definition) is 1. The van der Waals surface area contributed by atoms with E-state index < -0.39 is 11.7 Å². The van der Waals surface area contributed by atoms with Crippen molar-refractivity contribution in [3.05, 3.63) is 52.5 Å². The van der Waals surface area contributed by atoms with Gasteiger partial charge in [-0.25, -0.2) is 0 Å². The Labute approximate surface area is 141 Å². The number of hydrogen-bond acceptors (Lipinski definition) is 4. The molecule has 0 heterocycles. The molecule has 1 N–H and O–H groups in total. The van der Waals surface area contributed by atoms with Gasteiger partial charge in [-0.3, -0.25) is 5.43 Å². The SMILES string of the molecule is COc1ccc(OC)c(/C=N/Nc2cc(C(F)(F)F)ccc2Cl)c1. The second-order valence-electron chi connectivity index (χ2n) is 4.67. The van der Waals surface area contributed by atoms with Crippen molar-refractivity contribution in [2.75, 3.05) is 19.6 Å². The Morgan fingerprint density at radius 2 is 1.83 bits per heavy atom. The van der Waals surface area contributed by atoms with E-state index in [9.17, 15) is 13.2 Å². The number of halogens is 4. The molecule has 0 radical (unpaired) electrons. The van der Waals surface area contributed by atoms with Crippen LogP contribution in [-0.2, 0) is 6.18 Å². The molecule has 128 valence electrons. The lowest BCUT2D eigenvalue weighted by Gasteiger charge is -2.10. The summed E-state index contributed by atoms with van der Waals surface area (Å²) in [5.41, 5.74) is 2.32. The van der Waals surface area contributed by atoms with Gasteiger partial charge < -0.3 is 9.47 Å². The Morgan fingerprint density at radius 3 is 2.46 bits per heavy atom. The number of alkyl halides is 3. The number of hydrazone groups is 1. The first-order chi connectivity index (χ1) is 11.3. The maximum Gasteiger partial charge on any atom is 0.416 e. The van der Waals surface area contributed by atoms with Gasteiger partial charge >= 0.3 is 6.18 Å². The summed E-state index contributed by atoms with van der Waals surface area (Å²) < 4.78 is 48.5. The first-order valence-electron chi connectivity index (χ1n) is 6.73. The molecule has 0 aromatic heterocycles. The van der Waals surface area contributed by atoms with E-state index in [0.29, 0.717) is 17.1 Å². The number of nitrogens with one attached hydrogen (secondary N) is 1. The zero-order chi connectivity index (χ0) is 17.7. The number of nitrogens with zero attached hydrogens (tertiary/aromatic N) is 1. The summed E-state index contributed by atoms with van der Waals surface area (Å²) in [4.78, 5) is 0. The molecule has 0 unspecified atom stereocenters. The number of ether oxygens (including phenoxy) is 2. The van der Waals surface area contributed by atoms with Crippen molar-refractivity contribution >= 4 is 23.5 Å². The Hall–Kier alpha value is -2.41. The fourth-order valence-corrected chi connectivity index (χ4v) is 2.06. The lowest BCUT2D eigenvalue weighted by Crippen LogP contribution is -2.05. The molecule has 0 aliphatic carbocycles. The first-order valence-corrected chi connectivity index (χ1v) is 7.11. The van der Waals surface area contributed by atoms with Crippen LogP contribution in [0.4, 0.5) is 18.9 Å². The summed E-state index contributed by atoms with van der Waals surface area (Å²) in [6, 6.07) is 8.04. The fraction of sp³-hybridized carbons (Fsp3) is 0.188. The van der Waals surface area contributed by atoms with Crippen LogP contribution >= 0.6 is 11.6 Å². The topological polar surface area (TPSA) is 42.9 Å². The summed E-state index contributed by atoms with van der Waals surface area (Å²) in [5, 5.41) is 4.04. The van der Waals surface area contributed by atoms with Gasteiger partial charge in [0.2, 0.25) is 0 Å². The zero-order valence-electron chi connectivity index (χ0n) is 12.8. The standard InChI is InChI=1S/C16H14ClF3N2O2/c1-23-12-4-6-15(24-2)10(7-12)9-21-22-14-8-11(16(18,19)20)3-5-13(14)17/h3-9,22H,1-2H3/b21-9+. The molecule has 0 spiro atoms. The average molecular weight is 359 g/mol. The molecular weight excluding hydrogens is 345 g/mol. The molecule has 8 heteroatoms. The summed E-state index contributed by atoms with van der Waals surface area (Å²) in [7, 11) is 3.01. The van der Waals surface area contributed by atoms with Gasteiger partial charge in [0.05, 0.1) is 36.7 Å². The maximum absolute atomic E-state index is 12.7. The van der Waals surface area contributed by atoms with Gasteiger partial charge in [-0.05, 0) is 36.4 Å². The number of methoxy groups -OCH3 is 2. The van der Waals surface area contributed by atoms with Gasteiger partial charge in [0.15, 0.2) is 0 Å². The Bertz CT molecular complexity index is 749. The van der Waals surface area contributed by atoms with Crippen molar-refractivity contribution in [1.82, 2.24) is 0 Å². The molecule has 2 aromatic rings. The van der Waals surface area contributed by atoms with Gasteiger partial charge in [-0.15, -0.1) is 0 Å². The van der Waals surface area contributed by atoms with Crippen molar-refractivity contribution in [1.29, 1.82) is 0 Å². The maximum atomic E-state index is 12.7. The number of rotatable bonds is 5. The summed E-state index contributed by atoms with van der Waals surface area (Å²) in [6.45, 7) is 0. The van der Waals surface area contributed by atoms with E-state index in [1.54, 1.807) is 18.2 Å². The van der Waals surface area contributed by atoms with Crippen molar-refractivity contribution in [3.63, 3.8) is 0 Å². The highest BCUT2D eigenvalue weighted by molar-refractivity contribution is 6.33. The molecule has 0 fully saturated rings. The van der Waals surface area contributed by atoms with Gasteiger partial charge in [0.25, 0.3) is 0 Å². The quantitative estimate of drug-likeness (QED) is 0.615. The lowest BCUT2D eigenvalue weighted by molar-refractivity contribution is -0.137. The van der Waals surface area contributed by atoms with Gasteiger partial charge in [-0.1, -0.05) is 11.6 Å². The third-order valence-corrected chi connectivity index (χ3v) is 3.45. The number of anilines is 1. The lowest BCUT2D eigenvalue weighted by atomic mass is 10.2. The molecule has 2 rings (SSSR count). The normalized spacial score (nSPS) is 11.6. The minimum Gasteiger partial charge on any atom is -0.497 e. The van der Waals surface area contributed by atoms with Crippen molar-refractivity contribution in [2.45, 2.75) is 6.18 Å². The van der Waals surface area contributed by atoms with E-state index >= 15 is 0 Å². The van der Waals surface area contributed by atoms with E-state index in [-0.39, 0.29) is 10.7 Å². The molecule has 4 nitrogen and oxygen atoms in total. The van der Waals surface area contributed by atoms with Gasteiger partial charge in [-0.2, -0.15) is 18.3 Å².